The Morgan fingerprint density at radius 3 is 2.25 bits per heavy atom. The molecule has 1 aromatic heterocycles. The molecule has 4 atom stereocenters. The maximum atomic E-state index is 12.6. The third kappa shape index (κ3) is 3.64. The Kier molecular flexibility index (Phi) is 6.52. The lowest BCUT2D eigenvalue weighted by Crippen LogP contribution is -2.82. The van der Waals surface area contributed by atoms with Crippen LogP contribution in [-0.2, 0) is 14.4 Å². The van der Waals surface area contributed by atoms with Crippen LogP contribution in [0.4, 0.5) is 0 Å². The quantitative estimate of drug-likeness (QED) is 0.530. The van der Waals surface area contributed by atoms with Crippen LogP contribution in [0, 0.1) is 0 Å². The van der Waals surface area contributed by atoms with E-state index < -0.39 is 45.3 Å². The van der Waals surface area contributed by atoms with Gasteiger partial charge >= 0.3 is 0 Å². The summed E-state index contributed by atoms with van der Waals surface area (Å²) >= 11 is 6.69. The maximum absolute atomic E-state index is 12.6. The smallest absolute Gasteiger partial charge is 0.208 e. The number of nitrogens with zero attached hydrogens (tertiary/aromatic N) is 1. The highest BCUT2D eigenvalue weighted by molar-refractivity contribution is 8.00. The first-order valence-corrected chi connectivity index (χ1v) is 11.0. The molecular weight excluding hydrogens is 458 g/mol. The van der Waals surface area contributed by atoms with Crippen molar-refractivity contribution in [3.05, 3.63) is 47.6 Å². The summed E-state index contributed by atoms with van der Waals surface area (Å²) in [6.07, 6.45) is 0. The fourth-order valence-corrected chi connectivity index (χ4v) is 5.51. The molecule has 1 aromatic carbocycles. The fourth-order valence-electron chi connectivity index (χ4n) is 3.78. The molecular formula is C22H22ClNO7S. The lowest BCUT2D eigenvalue weighted by molar-refractivity contribution is -0.235. The summed E-state index contributed by atoms with van der Waals surface area (Å²) in [6, 6.07) is 11.6. The van der Waals surface area contributed by atoms with Crippen molar-refractivity contribution in [1.29, 1.82) is 0 Å². The first-order valence-electron chi connectivity index (χ1n) is 9.59. The summed E-state index contributed by atoms with van der Waals surface area (Å²) in [7, 11) is 0. The van der Waals surface area contributed by atoms with Crippen molar-refractivity contribution >= 4 is 40.7 Å². The van der Waals surface area contributed by atoms with Crippen LogP contribution in [0.5, 0.6) is 5.75 Å². The molecule has 1 aliphatic heterocycles. The van der Waals surface area contributed by atoms with Gasteiger partial charge in [-0.15, -0.1) is 11.8 Å². The van der Waals surface area contributed by atoms with E-state index in [2.05, 4.69) is 4.98 Å². The molecule has 1 fully saturated rings. The van der Waals surface area contributed by atoms with Crippen LogP contribution < -0.4 is 4.74 Å². The summed E-state index contributed by atoms with van der Waals surface area (Å²) in [5.74, 6) is -3.43. The Balaban J connectivity index is 2.05. The highest BCUT2D eigenvalue weighted by Crippen LogP contribution is 2.49. The Hall–Kier alpha value is -2.30. The van der Waals surface area contributed by atoms with Crippen molar-refractivity contribution in [1.82, 2.24) is 4.98 Å². The number of carbonyl (C=O) groups is 3. The number of Topliss-reactive ketones (excluding diaryl/α,β-unsaturated/α-hetero) is 3. The molecule has 8 nitrogen and oxygen atoms in total. The normalized spacial score (nSPS) is 29.9. The SMILES string of the molecule is CC(=O)[C@]1(O)[C@@](O)(C(C)=O)CS[C@H](Oc2cccc(-c3cccc(Cl)n3)c2)[C@@]1(O)C(C)=O. The van der Waals surface area contributed by atoms with Crippen LogP contribution in [-0.4, -0.2) is 65.6 Å². The van der Waals surface area contributed by atoms with E-state index in [4.69, 9.17) is 16.3 Å². The third-order valence-electron chi connectivity index (χ3n) is 5.65. The van der Waals surface area contributed by atoms with Gasteiger partial charge in [0, 0.05) is 11.3 Å². The zero-order chi connectivity index (χ0) is 23.9. The zero-order valence-corrected chi connectivity index (χ0v) is 19.1. The number of halogens is 1. The van der Waals surface area contributed by atoms with E-state index in [1.54, 1.807) is 42.5 Å². The van der Waals surface area contributed by atoms with Crippen molar-refractivity contribution in [3.63, 3.8) is 0 Å². The number of pyridine rings is 1. The number of hydrogen-bond acceptors (Lipinski definition) is 9. The minimum Gasteiger partial charge on any atom is -0.476 e. The van der Waals surface area contributed by atoms with Crippen molar-refractivity contribution < 1.29 is 34.4 Å². The molecule has 0 radical (unpaired) electrons. The van der Waals surface area contributed by atoms with Crippen LogP contribution >= 0.6 is 23.4 Å². The van der Waals surface area contributed by atoms with Crippen molar-refractivity contribution in [2.24, 2.45) is 0 Å². The molecule has 1 aliphatic rings. The average molecular weight is 480 g/mol. The Labute approximate surface area is 193 Å². The second-order valence-corrected chi connectivity index (χ2v) is 9.08. The molecule has 3 rings (SSSR count). The van der Waals surface area contributed by atoms with Crippen molar-refractivity contribution in [2.45, 2.75) is 43.0 Å². The molecule has 2 heterocycles. The van der Waals surface area contributed by atoms with E-state index >= 15 is 0 Å². The minimum absolute atomic E-state index is 0.195. The standard InChI is InChI=1S/C22H22ClNO7S/c1-12(25)20(28)11-32-19(21(29,13(2)26)22(20,30)14(3)27)31-16-7-4-6-15(10-16)17-8-5-9-18(23)24-17/h4-10,19,28-30H,11H2,1-3H3/t19-,20-,21-,22-/m0/s1. The van der Waals surface area contributed by atoms with Gasteiger partial charge in [-0.05, 0) is 45.0 Å². The molecule has 0 unspecified atom stereocenters. The molecule has 10 heteroatoms. The molecule has 0 amide bonds. The molecule has 32 heavy (non-hydrogen) atoms. The average Bonchev–Trinajstić information content (AvgIpc) is 2.74. The largest absolute Gasteiger partial charge is 0.476 e. The van der Waals surface area contributed by atoms with E-state index in [1.165, 1.54) is 0 Å². The van der Waals surface area contributed by atoms with E-state index in [9.17, 15) is 29.7 Å². The first-order chi connectivity index (χ1) is 14.9. The number of carbonyl (C=O) groups excluding carboxylic acids is 3. The number of aliphatic hydroxyl groups is 3. The topological polar surface area (TPSA) is 134 Å². The van der Waals surface area contributed by atoms with Crippen molar-refractivity contribution in [3.8, 4) is 17.0 Å². The number of aromatic nitrogens is 1. The number of ether oxygens (including phenoxy) is 1. The van der Waals surface area contributed by atoms with Crippen LogP contribution in [0.1, 0.15) is 20.8 Å². The summed E-state index contributed by atoms with van der Waals surface area (Å²) in [6.45, 7) is 2.81. The van der Waals surface area contributed by atoms with Gasteiger partial charge in [-0.3, -0.25) is 14.4 Å². The summed E-state index contributed by atoms with van der Waals surface area (Å²) in [5, 5.41) is 33.8. The van der Waals surface area contributed by atoms with Gasteiger partial charge in [0.15, 0.2) is 34.0 Å². The van der Waals surface area contributed by atoms with Gasteiger partial charge in [0.1, 0.15) is 10.9 Å². The monoisotopic (exact) mass is 479 g/mol. The second kappa shape index (κ2) is 8.57. The third-order valence-corrected chi connectivity index (χ3v) is 7.19. The zero-order valence-electron chi connectivity index (χ0n) is 17.5. The lowest BCUT2D eigenvalue weighted by atomic mass is 9.65. The predicted octanol–water partition coefficient (Wildman–Crippen LogP) is 1.81. The van der Waals surface area contributed by atoms with Gasteiger partial charge in [-0.2, -0.15) is 0 Å². The van der Waals surface area contributed by atoms with Gasteiger partial charge in [-0.1, -0.05) is 29.8 Å². The number of rotatable bonds is 6. The highest BCUT2D eigenvalue weighted by Gasteiger charge is 2.75. The molecule has 170 valence electrons. The molecule has 0 spiro atoms. The van der Waals surface area contributed by atoms with E-state index in [-0.39, 0.29) is 10.9 Å². The lowest BCUT2D eigenvalue weighted by Gasteiger charge is -2.54. The number of thioether (sulfide) groups is 1. The Morgan fingerprint density at radius 1 is 1.03 bits per heavy atom. The molecule has 2 aromatic rings. The van der Waals surface area contributed by atoms with E-state index in [0.717, 1.165) is 32.5 Å². The Morgan fingerprint density at radius 2 is 1.69 bits per heavy atom. The van der Waals surface area contributed by atoms with Gasteiger partial charge in [0.25, 0.3) is 0 Å². The van der Waals surface area contributed by atoms with E-state index in [0.29, 0.717) is 11.3 Å². The first kappa shape index (κ1) is 24.3. The van der Waals surface area contributed by atoms with Gasteiger partial charge in [0.2, 0.25) is 5.60 Å². The Bertz CT molecular complexity index is 1100. The molecule has 1 saturated heterocycles. The van der Waals surface area contributed by atoms with Crippen LogP contribution in [0.2, 0.25) is 5.15 Å². The van der Waals surface area contributed by atoms with Gasteiger partial charge in [-0.25, -0.2) is 4.98 Å². The molecule has 0 bridgehead atoms. The van der Waals surface area contributed by atoms with Gasteiger partial charge < -0.3 is 20.1 Å². The number of ketones is 3. The molecule has 3 N–H and O–H groups in total. The minimum atomic E-state index is -3.11. The fraction of sp³-hybridized carbons (Fsp3) is 0.364. The van der Waals surface area contributed by atoms with Crippen LogP contribution in [0.3, 0.4) is 0 Å². The summed E-state index contributed by atoms with van der Waals surface area (Å²) in [5.41, 5.74) is -9.04. The van der Waals surface area contributed by atoms with Crippen LogP contribution in [0.15, 0.2) is 42.5 Å². The number of hydrogen-bond donors (Lipinski definition) is 3. The predicted molar refractivity (Wildman–Crippen MR) is 118 cm³/mol. The maximum Gasteiger partial charge on any atom is 0.208 e. The number of benzene rings is 1. The molecule has 0 saturated carbocycles. The van der Waals surface area contributed by atoms with E-state index in [1.807, 2.05) is 0 Å². The highest BCUT2D eigenvalue weighted by atomic mass is 35.5. The van der Waals surface area contributed by atoms with Crippen LogP contribution in [0.25, 0.3) is 11.3 Å². The summed E-state index contributed by atoms with van der Waals surface area (Å²) < 4.78 is 5.84. The van der Waals surface area contributed by atoms with Crippen molar-refractivity contribution in [2.75, 3.05) is 5.75 Å². The van der Waals surface area contributed by atoms with Gasteiger partial charge in [0.05, 0.1) is 5.69 Å². The molecule has 0 aliphatic carbocycles. The second-order valence-electron chi connectivity index (χ2n) is 7.64. The summed E-state index contributed by atoms with van der Waals surface area (Å²) in [4.78, 5) is 41.5.